The normalized spacial score (nSPS) is 12.0. The second-order valence-corrected chi connectivity index (χ2v) is 8.08. The van der Waals surface area contributed by atoms with Gasteiger partial charge in [0.05, 0.1) is 11.0 Å². The van der Waals surface area contributed by atoms with Gasteiger partial charge in [-0.2, -0.15) is 0 Å². The Bertz CT molecular complexity index is 1070. The maximum atomic E-state index is 6.18. The summed E-state index contributed by atoms with van der Waals surface area (Å²) in [4.78, 5) is 4.83. The molecule has 0 unspecified atom stereocenters. The fourth-order valence-electron chi connectivity index (χ4n) is 3.20. The average Bonchev–Trinajstić information content (AvgIpc) is 3.21. The molecule has 0 fully saturated rings. The van der Waals surface area contributed by atoms with Crippen LogP contribution in [0.1, 0.15) is 38.0 Å². The minimum atomic E-state index is -0.150. The van der Waals surface area contributed by atoms with Crippen molar-refractivity contribution in [2.75, 3.05) is 0 Å². The first-order chi connectivity index (χ1) is 12.9. The predicted molar refractivity (Wildman–Crippen MR) is 106 cm³/mol. The van der Waals surface area contributed by atoms with Gasteiger partial charge in [-0.05, 0) is 34.2 Å². The summed E-state index contributed by atoms with van der Waals surface area (Å²) in [5.41, 5.74) is 2.98. The van der Waals surface area contributed by atoms with Crippen LogP contribution < -0.4 is 0 Å². The standard InChI is InChI=1S/C20H21ClN6/c1-20(2,3)19-23-24-25-27(19)13-18-22-16-11-15(21)9-10-17(16)26(18)12-14-7-5-4-6-8-14/h4-11H,12-13H2,1-3H3. The highest BCUT2D eigenvalue weighted by atomic mass is 35.5. The van der Waals surface area contributed by atoms with Gasteiger partial charge in [0, 0.05) is 17.0 Å². The van der Waals surface area contributed by atoms with E-state index in [1.807, 2.05) is 41.1 Å². The van der Waals surface area contributed by atoms with Crippen molar-refractivity contribution in [1.82, 2.24) is 29.8 Å². The minimum Gasteiger partial charge on any atom is -0.322 e. The smallest absolute Gasteiger partial charge is 0.157 e. The summed E-state index contributed by atoms with van der Waals surface area (Å²) in [6.45, 7) is 7.52. The Morgan fingerprint density at radius 3 is 2.52 bits per heavy atom. The Hall–Kier alpha value is -2.73. The lowest BCUT2D eigenvalue weighted by molar-refractivity contribution is 0.480. The molecule has 0 spiro atoms. The molecular weight excluding hydrogens is 360 g/mol. The molecule has 2 heterocycles. The first kappa shape index (κ1) is 17.7. The number of aromatic nitrogens is 6. The molecule has 2 aromatic heterocycles. The van der Waals surface area contributed by atoms with Crippen LogP contribution in [0.15, 0.2) is 48.5 Å². The first-order valence-electron chi connectivity index (χ1n) is 8.87. The monoisotopic (exact) mass is 380 g/mol. The van der Waals surface area contributed by atoms with Crippen LogP contribution in [0.4, 0.5) is 0 Å². The van der Waals surface area contributed by atoms with Gasteiger partial charge in [-0.15, -0.1) is 5.10 Å². The molecular formula is C20H21ClN6. The quantitative estimate of drug-likeness (QED) is 0.535. The highest BCUT2D eigenvalue weighted by molar-refractivity contribution is 6.31. The topological polar surface area (TPSA) is 61.4 Å². The molecule has 0 bridgehead atoms. The van der Waals surface area contributed by atoms with Gasteiger partial charge in [0.25, 0.3) is 0 Å². The maximum absolute atomic E-state index is 6.18. The molecule has 6 nitrogen and oxygen atoms in total. The van der Waals surface area contributed by atoms with Crippen molar-refractivity contribution in [1.29, 1.82) is 0 Å². The number of fused-ring (bicyclic) bond motifs is 1. The molecule has 0 aliphatic heterocycles. The van der Waals surface area contributed by atoms with Crippen LogP contribution in [0, 0.1) is 0 Å². The van der Waals surface area contributed by atoms with Crippen LogP contribution in [0.3, 0.4) is 0 Å². The van der Waals surface area contributed by atoms with E-state index in [2.05, 4.69) is 53.0 Å². The third-order valence-corrected chi connectivity index (χ3v) is 4.70. The lowest BCUT2D eigenvalue weighted by atomic mass is 9.96. The molecule has 0 aliphatic carbocycles. The molecule has 4 aromatic rings. The van der Waals surface area contributed by atoms with Crippen LogP contribution >= 0.6 is 11.6 Å². The third kappa shape index (κ3) is 3.57. The number of benzene rings is 2. The molecule has 0 saturated carbocycles. The highest BCUT2D eigenvalue weighted by Crippen LogP contribution is 2.24. The highest BCUT2D eigenvalue weighted by Gasteiger charge is 2.23. The van der Waals surface area contributed by atoms with Gasteiger partial charge in [-0.3, -0.25) is 0 Å². The SMILES string of the molecule is CC(C)(C)c1nnnn1Cc1nc2cc(Cl)ccc2n1Cc1ccccc1. The molecule has 0 amide bonds. The van der Waals surface area contributed by atoms with Crippen molar-refractivity contribution < 1.29 is 0 Å². The van der Waals surface area contributed by atoms with E-state index >= 15 is 0 Å². The number of halogens is 1. The molecule has 0 atom stereocenters. The van der Waals surface area contributed by atoms with E-state index in [1.54, 1.807) is 0 Å². The second kappa shape index (κ2) is 6.78. The van der Waals surface area contributed by atoms with Gasteiger partial charge in [0.2, 0.25) is 0 Å². The summed E-state index contributed by atoms with van der Waals surface area (Å²) in [5.74, 6) is 1.73. The van der Waals surface area contributed by atoms with Crippen molar-refractivity contribution in [2.24, 2.45) is 0 Å². The number of hydrogen-bond acceptors (Lipinski definition) is 4. The number of imidazole rings is 1. The molecule has 27 heavy (non-hydrogen) atoms. The van der Waals surface area contributed by atoms with E-state index in [1.165, 1.54) is 5.56 Å². The van der Waals surface area contributed by atoms with Gasteiger partial charge in [0.15, 0.2) is 5.82 Å². The molecule has 0 radical (unpaired) electrons. The van der Waals surface area contributed by atoms with Crippen LogP contribution in [0.2, 0.25) is 5.02 Å². The fourth-order valence-corrected chi connectivity index (χ4v) is 3.36. The van der Waals surface area contributed by atoms with Gasteiger partial charge in [-0.1, -0.05) is 62.7 Å². The summed E-state index contributed by atoms with van der Waals surface area (Å²) in [6, 6.07) is 16.1. The zero-order chi connectivity index (χ0) is 19.0. The van der Waals surface area contributed by atoms with Gasteiger partial charge in [0.1, 0.15) is 12.4 Å². The number of nitrogens with zero attached hydrogens (tertiary/aromatic N) is 6. The van der Waals surface area contributed by atoms with E-state index in [9.17, 15) is 0 Å². The Morgan fingerprint density at radius 2 is 1.78 bits per heavy atom. The summed E-state index contributed by atoms with van der Waals surface area (Å²) in [7, 11) is 0. The molecule has 2 aromatic carbocycles. The predicted octanol–water partition coefficient (Wildman–Crippen LogP) is 4.07. The number of rotatable bonds is 4. The van der Waals surface area contributed by atoms with Gasteiger partial charge < -0.3 is 4.57 Å². The van der Waals surface area contributed by atoms with E-state index in [-0.39, 0.29) is 5.41 Å². The Kier molecular flexibility index (Phi) is 4.44. The summed E-state index contributed by atoms with van der Waals surface area (Å²) >= 11 is 6.18. The first-order valence-corrected chi connectivity index (χ1v) is 9.25. The zero-order valence-corrected chi connectivity index (χ0v) is 16.4. The number of hydrogen-bond donors (Lipinski definition) is 0. The molecule has 0 saturated heterocycles. The summed E-state index contributed by atoms with van der Waals surface area (Å²) in [6.07, 6.45) is 0. The lowest BCUT2D eigenvalue weighted by Gasteiger charge is -2.17. The van der Waals surface area contributed by atoms with Crippen molar-refractivity contribution in [2.45, 2.75) is 39.3 Å². The van der Waals surface area contributed by atoms with Gasteiger partial charge >= 0.3 is 0 Å². The van der Waals surface area contributed by atoms with Crippen LogP contribution in [-0.2, 0) is 18.5 Å². The lowest BCUT2D eigenvalue weighted by Crippen LogP contribution is -2.21. The van der Waals surface area contributed by atoms with Crippen molar-refractivity contribution in [3.63, 3.8) is 0 Å². The molecule has 4 rings (SSSR count). The summed E-state index contributed by atoms with van der Waals surface area (Å²) in [5, 5.41) is 12.9. The molecule has 0 aliphatic rings. The molecule has 138 valence electrons. The van der Waals surface area contributed by atoms with Crippen LogP contribution in [-0.4, -0.2) is 29.8 Å². The fraction of sp³-hybridized carbons (Fsp3) is 0.300. The van der Waals surface area contributed by atoms with Crippen molar-refractivity contribution in [3.05, 3.63) is 70.8 Å². The molecule has 7 heteroatoms. The molecule has 0 N–H and O–H groups in total. The zero-order valence-electron chi connectivity index (χ0n) is 15.6. The Labute approximate surface area is 162 Å². The number of tetrazole rings is 1. The van der Waals surface area contributed by atoms with Gasteiger partial charge in [-0.25, -0.2) is 9.67 Å². The summed E-state index contributed by atoms with van der Waals surface area (Å²) < 4.78 is 4.03. The van der Waals surface area contributed by atoms with E-state index < -0.39 is 0 Å². The van der Waals surface area contributed by atoms with Crippen molar-refractivity contribution >= 4 is 22.6 Å². The van der Waals surface area contributed by atoms with Crippen LogP contribution in [0.5, 0.6) is 0 Å². The Morgan fingerprint density at radius 1 is 1.00 bits per heavy atom. The average molecular weight is 381 g/mol. The maximum Gasteiger partial charge on any atom is 0.157 e. The second-order valence-electron chi connectivity index (χ2n) is 7.64. The van der Waals surface area contributed by atoms with Crippen LogP contribution in [0.25, 0.3) is 11.0 Å². The Balaban J connectivity index is 1.80. The largest absolute Gasteiger partial charge is 0.322 e. The van der Waals surface area contributed by atoms with E-state index in [0.29, 0.717) is 11.6 Å². The van der Waals surface area contributed by atoms with E-state index in [0.717, 1.165) is 29.2 Å². The van der Waals surface area contributed by atoms with Crippen molar-refractivity contribution in [3.8, 4) is 0 Å². The third-order valence-electron chi connectivity index (χ3n) is 4.47. The van der Waals surface area contributed by atoms with E-state index in [4.69, 9.17) is 16.6 Å². The minimum absolute atomic E-state index is 0.150.